The first-order valence-electron chi connectivity index (χ1n) is 5.86. The highest BCUT2D eigenvalue weighted by Gasteiger charge is 2.23. The van der Waals surface area contributed by atoms with E-state index in [9.17, 15) is 9.59 Å². The standard InChI is InChI=1S/C11H13N5O3S/c1-4-19-11(18)7-5(2)6(3)20-10(7)12-9(17)8-13-15-16-14-8/h4H2,1-3H3,(H,12,17)(H,13,14,15,16). The third kappa shape index (κ3) is 2.67. The smallest absolute Gasteiger partial charge is 0.341 e. The minimum Gasteiger partial charge on any atom is -0.462 e. The van der Waals surface area contributed by atoms with E-state index in [1.54, 1.807) is 6.92 Å². The molecule has 1 amide bonds. The van der Waals surface area contributed by atoms with Crippen LogP contribution in [0.15, 0.2) is 0 Å². The maximum Gasteiger partial charge on any atom is 0.341 e. The largest absolute Gasteiger partial charge is 0.462 e. The molecule has 0 aliphatic carbocycles. The van der Waals surface area contributed by atoms with E-state index >= 15 is 0 Å². The summed E-state index contributed by atoms with van der Waals surface area (Å²) in [6.07, 6.45) is 0. The second kappa shape index (κ2) is 5.78. The lowest BCUT2D eigenvalue weighted by Crippen LogP contribution is -2.16. The fourth-order valence-corrected chi connectivity index (χ4v) is 2.62. The van der Waals surface area contributed by atoms with Gasteiger partial charge >= 0.3 is 5.97 Å². The van der Waals surface area contributed by atoms with Gasteiger partial charge in [-0.1, -0.05) is 0 Å². The van der Waals surface area contributed by atoms with E-state index in [2.05, 4.69) is 25.9 Å². The van der Waals surface area contributed by atoms with Crippen LogP contribution >= 0.6 is 11.3 Å². The van der Waals surface area contributed by atoms with E-state index in [1.165, 1.54) is 11.3 Å². The van der Waals surface area contributed by atoms with Gasteiger partial charge in [0.15, 0.2) is 0 Å². The Kier molecular flexibility index (Phi) is 4.08. The third-order valence-electron chi connectivity index (χ3n) is 2.64. The first-order valence-corrected chi connectivity index (χ1v) is 6.68. The maximum absolute atomic E-state index is 12.0. The molecule has 106 valence electrons. The molecule has 0 aliphatic heterocycles. The predicted molar refractivity (Wildman–Crippen MR) is 71.9 cm³/mol. The van der Waals surface area contributed by atoms with Crippen LogP contribution in [0.5, 0.6) is 0 Å². The Balaban J connectivity index is 2.30. The Morgan fingerprint density at radius 1 is 1.40 bits per heavy atom. The van der Waals surface area contributed by atoms with Gasteiger partial charge in [0.05, 0.1) is 12.2 Å². The summed E-state index contributed by atoms with van der Waals surface area (Å²) in [4.78, 5) is 24.8. The second-order valence-corrected chi connectivity index (χ2v) is 5.12. The van der Waals surface area contributed by atoms with Crippen molar-refractivity contribution in [3.05, 3.63) is 21.8 Å². The zero-order valence-corrected chi connectivity index (χ0v) is 12.0. The highest BCUT2D eigenvalue weighted by atomic mass is 32.1. The predicted octanol–water partition coefficient (Wildman–Crippen LogP) is 1.31. The fourth-order valence-electron chi connectivity index (χ4n) is 1.58. The van der Waals surface area contributed by atoms with Crippen LogP contribution in [0.3, 0.4) is 0 Å². The van der Waals surface area contributed by atoms with Crippen LogP contribution in [0.25, 0.3) is 0 Å². The molecule has 2 N–H and O–H groups in total. The van der Waals surface area contributed by atoms with Crippen LogP contribution in [0, 0.1) is 13.8 Å². The fraction of sp³-hybridized carbons (Fsp3) is 0.364. The zero-order valence-electron chi connectivity index (χ0n) is 11.2. The van der Waals surface area contributed by atoms with Gasteiger partial charge in [0.25, 0.3) is 11.7 Å². The molecule has 9 heteroatoms. The Bertz CT molecular complexity index is 635. The number of nitrogens with one attached hydrogen (secondary N) is 2. The number of carbonyl (C=O) groups is 2. The van der Waals surface area contributed by atoms with Gasteiger partial charge in [0.2, 0.25) is 0 Å². The van der Waals surface area contributed by atoms with Gasteiger partial charge in [-0.25, -0.2) is 4.79 Å². The number of amides is 1. The Hall–Kier alpha value is -2.29. The molecule has 2 aromatic rings. The molecule has 0 fully saturated rings. The van der Waals surface area contributed by atoms with Gasteiger partial charge in [-0.15, -0.1) is 21.5 Å². The van der Waals surface area contributed by atoms with Gasteiger partial charge < -0.3 is 10.1 Å². The molecule has 0 bridgehead atoms. The number of esters is 1. The van der Waals surface area contributed by atoms with E-state index in [4.69, 9.17) is 4.74 Å². The van der Waals surface area contributed by atoms with Crippen molar-refractivity contribution in [3.63, 3.8) is 0 Å². The molecule has 0 unspecified atom stereocenters. The van der Waals surface area contributed by atoms with Crippen molar-refractivity contribution in [3.8, 4) is 0 Å². The maximum atomic E-state index is 12.0. The SMILES string of the molecule is CCOC(=O)c1c(NC(=O)c2nn[nH]n2)sc(C)c1C. The van der Waals surface area contributed by atoms with Gasteiger partial charge in [-0.05, 0) is 31.5 Å². The molecular formula is C11H13N5O3S. The molecule has 0 radical (unpaired) electrons. The lowest BCUT2D eigenvalue weighted by Gasteiger charge is -2.05. The first-order chi connectivity index (χ1) is 9.54. The average molecular weight is 295 g/mol. The number of aromatic nitrogens is 4. The summed E-state index contributed by atoms with van der Waals surface area (Å²) in [5.41, 5.74) is 1.16. The van der Waals surface area contributed by atoms with Crippen LogP contribution in [0.2, 0.25) is 0 Å². The van der Waals surface area contributed by atoms with Crippen molar-refractivity contribution < 1.29 is 14.3 Å². The summed E-state index contributed by atoms with van der Waals surface area (Å²) in [7, 11) is 0. The van der Waals surface area contributed by atoms with Crippen molar-refractivity contribution >= 4 is 28.2 Å². The van der Waals surface area contributed by atoms with Crippen LogP contribution in [0.1, 0.15) is 38.3 Å². The van der Waals surface area contributed by atoms with E-state index in [0.717, 1.165) is 10.4 Å². The average Bonchev–Trinajstić information content (AvgIpc) is 3.00. The summed E-state index contributed by atoms with van der Waals surface area (Å²) in [5, 5.41) is 15.7. The molecule has 0 saturated carbocycles. The quantitative estimate of drug-likeness (QED) is 0.823. The van der Waals surface area contributed by atoms with Crippen molar-refractivity contribution in [2.75, 3.05) is 11.9 Å². The molecule has 2 rings (SSSR count). The molecule has 2 aromatic heterocycles. The van der Waals surface area contributed by atoms with Crippen LogP contribution < -0.4 is 5.32 Å². The number of hydrogen-bond acceptors (Lipinski definition) is 7. The molecule has 0 saturated heterocycles. The molecule has 0 aliphatic rings. The minimum atomic E-state index is -0.537. The van der Waals surface area contributed by atoms with Gasteiger partial charge in [0, 0.05) is 4.88 Å². The first kappa shape index (κ1) is 14.1. The molecule has 2 heterocycles. The van der Waals surface area contributed by atoms with Gasteiger partial charge in [0.1, 0.15) is 5.00 Å². The number of aromatic amines is 1. The number of carbonyl (C=O) groups excluding carboxylic acids is 2. The molecular weight excluding hydrogens is 282 g/mol. The number of nitrogens with zero attached hydrogens (tertiary/aromatic N) is 3. The minimum absolute atomic E-state index is 0.0940. The topological polar surface area (TPSA) is 110 Å². The summed E-state index contributed by atoms with van der Waals surface area (Å²) in [6.45, 7) is 5.67. The third-order valence-corrected chi connectivity index (χ3v) is 3.76. The molecule has 0 atom stereocenters. The number of rotatable bonds is 4. The van der Waals surface area contributed by atoms with Gasteiger partial charge in [-0.2, -0.15) is 5.21 Å². The zero-order chi connectivity index (χ0) is 14.7. The Labute approximate surface area is 118 Å². The molecule has 20 heavy (non-hydrogen) atoms. The van der Waals surface area contributed by atoms with Crippen molar-refractivity contribution in [1.82, 2.24) is 20.6 Å². The van der Waals surface area contributed by atoms with Crippen LogP contribution in [-0.4, -0.2) is 39.1 Å². The monoisotopic (exact) mass is 295 g/mol. The summed E-state index contributed by atoms with van der Waals surface area (Å²) in [5.74, 6) is -1.09. The number of tetrazole rings is 1. The highest BCUT2D eigenvalue weighted by molar-refractivity contribution is 7.16. The molecule has 0 spiro atoms. The second-order valence-electron chi connectivity index (χ2n) is 3.90. The lowest BCUT2D eigenvalue weighted by atomic mass is 10.1. The van der Waals surface area contributed by atoms with Crippen molar-refractivity contribution in [2.24, 2.45) is 0 Å². The lowest BCUT2D eigenvalue weighted by molar-refractivity contribution is 0.0527. The van der Waals surface area contributed by atoms with E-state index in [0.29, 0.717) is 10.6 Å². The molecule has 8 nitrogen and oxygen atoms in total. The number of aryl methyl sites for hydroxylation is 1. The van der Waals surface area contributed by atoms with Crippen molar-refractivity contribution in [1.29, 1.82) is 0 Å². The number of H-pyrrole nitrogens is 1. The van der Waals surface area contributed by atoms with Gasteiger partial charge in [-0.3, -0.25) is 4.79 Å². The number of hydrogen-bond donors (Lipinski definition) is 2. The summed E-state index contributed by atoms with van der Waals surface area (Å²) < 4.78 is 5.00. The Morgan fingerprint density at radius 2 is 2.15 bits per heavy atom. The molecule has 0 aromatic carbocycles. The van der Waals surface area contributed by atoms with E-state index < -0.39 is 11.9 Å². The summed E-state index contributed by atoms with van der Waals surface area (Å²) >= 11 is 1.30. The van der Waals surface area contributed by atoms with Crippen molar-refractivity contribution in [2.45, 2.75) is 20.8 Å². The van der Waals surface area contributed by atoms with Crippen LogP contribution in [0.4, 0.5) is 5.00 Å². The summed E-state index contributed by atoms with van der Waals surface area (Å²) in [6, 6.07) is 0. The number of ether oxygens (including phenoxy) is 1. The van der Waals surface area contributed by atoms with E-state index in [-0.39, 0.29) is 12.4 Å². The highest BCUT2D eigenvalue weighted by Crippen LogP contribution is 2.33. The Morgan fingerprint density at radius 3 is 2.75 bits per heavy atom. The normalized spacial score (nSPS) is 10.3. The van der Waals surface area contributed by atoms with Crippen LogP contribution in [-0.2, 0) is 4.74 Å². The number of thiophene rings is 1. The van der Waals surface area contributed by atoms with E-state index in [1.807, 2.05) is 13.8 Å². The number of anilines is 1.